The first-order chi connectivity index (χ1) is 16.8. The maximum Gasteiger partial charge on any atom is 0.410 e. The molecule has 0 spiro atoms. The number of ether oxygens (including phenoxy) is 3. The number of hydrogen-bond donors (Lipinski definition) is 1. The monoisotopic (exact) mass is 489 g/mol. The van der Waals surface area contributed by atoms with Crippen molar-refractivity contribution in [1.82, 2.24) is 4.90 Å². The van der Waals surface area contributed by atoms with Crippen molar-refractivity contribution in [2.45, 2.75) is 58.7 Å². The highest BCUT2D eigenvalue weighted by Gasteiger charge is 2.19. The maximum absolute atomic E-state index is 13.1. The molecule has 0 bridgehead atoms. The second-order valence-corrected chi connectivity index (χ2v) is 8.30. The van der Waals surface area contributed by atoms with Crippen LogP contribution in [0.25, 0.3) is 0 Å². The second-order valence-electron chi connectivity index (χ2n) is 8.30. The minimum atomic E-state index is -0.990. The summed E-state index contributed by atoms with van der Waals surface area (Å²) in [5.41, 5.74) is 1.84. The van der Waals surface area contributed by atoms with Crippen molar-refractivity contribution in [3.63, 3.8) is 0 Å². The van der Waals surface area contributed by atoms with Crippen LogP contribution >= 0.6 is 0 Å². The van der Waals surface area contributed by atoms with Gasteiger partial charge in [-0.05, 0) is 68.5 Å². The number of carbonyl (C=O) groups excluding carboxylic acids is 1. The molecule has 0 radical (unpaired) electrons. The van der Waals surface area contributed by atoms with E-state index in [1.165, 1.54) is 12.1 Å². The molecule has 0 saturated heterocycles. The third kappa shape index (κ3) is 10.3. The molecule has 0 aliphatic heterocycles. The van der Waals surface area contributed by atoms with Gasteiger partial charge in [0.25, 0.3) is 0 Å². The molecule has 2 aromatic carbocycles. The van der Waals surface area contributed by atoms with Crippen LogP contribution in [-0.2, 0) is 27.1 Å². The van der Waals surface area contributed by atoms with E-state index in [0.29, 0.717) is 31.9 Å². The Morgan fingerprint density at radius 1 is 1.00 bits per heavy atom. The number of hydrogen-bond acceptors (Lipinski definition) is 5. The van der Waals surface area contributed by atoms with E-state index in [2.05, 4.69) is 0 Å². The van der Waals surface area contributed by atoms with E-state index in [4.69, 9.17) is 14.2 Å². The van der Waals surface area contributed by atoms with Gasteiger partial charge in [-0.1, -0.05) is 31.2 Å². The number of benzene rings is 2. The fourth-order valence-corrected chi connectivity index (χ4v) is 3.38. The number of aryl methyl sites for hydroxylation is 1. The Labute approximate surface area is 206 Å². The van der Waals surface area contributed by atoms with Crippen LogP contribution in [0.2, 0.25) is 0 Å². The molecule has 35 heavy (non-hydrogen) atoms. The quantitative estimate of drug-likeness (QED) is 0.374. The van der Waals surface area contributed by atoms with E-state index in [-0.39, 0.29) is 31.0 Å². The molecule has 2 atom stereocenters. The molecular formula is C27H36FNO6. The van der Waals surface area contributed by atoms with Gasteiger partial charge in [0, 0.05) is 19.6 Å². The molecule has 1 amide bonds. The zero-order valence-electron chi connectivity index (χ0n) is 20.7. The first-order valence-corrected chi connectivity index (χ1v) is 12.1. The molecule has 8 heteroatoms. The van der Waals surface area contributed by atoms with Crippen LogP contribution in [-0.4, -0.2) is 60.6 Å². The SMILES string of the molecule is CCOC(Cc1ccc(OCCN(CCCc2ccc(F)cc2)C(=O)OC(C)CC)cc1)C(=O)O. The lowest BCUT2D eigenvalue weighted by molar-refractivity contribution is -0.149. The summed E-state index contributed by atoms with van der Waals surface area (Å²) in [6.07, 6.45) is 0.980. The van der Waals surface area contributed by atoms with Crippen molar-refractivity contribution in [2.24, 2.45) is 0 Å². The molecule has 0 saturated carbocycles. The summed E-state index contributed by atoms with van der Waals surface area (Å²) in [5.74, 6) is -0.636. The standard InChI is InChI=1S/C27H36FNO6/c1-4-20(3)35-27(32)29(16-6-7-21-8-12-23(28)13-9-21)17-18-34-24-14-10-22(11-15-24)19-25(26(30)31)33-5-2/h8-15,20,25H,4-7,16-19H2,1-3H3,(H,30,31). The molecule has 2 aromatic rings. The molecule has 0 fully saturated rings. The van der Waals surface area contributed by atoms with Gasteiger partial charge in [-0.25, -0.2) is 14.0 Å². The topological polar surface area (TPSA) is 85.3 Å². The molecule has 192 valence electrons. The molecule has 0 aliphatic carbocycles. The van der Waals surface area contributed by atoms with Gasteiger partial charge >= 0.3 is 12.1 Å². The van der Waals surface area contributed by atoms with E-state index >= 15 is 0 Å². The molecule has 2 rings (SSSR count). The van der Waals surface area contributed by atoms with Crippen molar-refractivity contribution in [3.05, 3.63) is 65.5 Å². The predicted molar refractivity (Wildman–Crippen MR) is 131 cm³/mol. The van der Waals surface area contributed by atoms with E-state index in [9.17, 15) is 19.1 Å². The Morgan fingerprint density at radius 2 is 1.66 bits per heavy atom. The largest absolute Gasteiger partial charge is 0.492 e. The van der Waals surface area contributed by atoms with Crippen LogP contribution in [0, 0.1) is 5.82 Å². The van der Waals surface area contributed by atoms with Gasteiger partial charge < -0.3 is 24.2 Å². The minimum Gasteiger partial charge on any atom is -0.492 e. The van der Waals surface area contributed by atoms with Crippen molar-refractivity contribution >= 4 is 12.1 Å². The third-order valence-corrected chi connectivity index (χ3v) is 5.56. The summed E-state index contributed by atoms with van der Waals surface area (Å²) in [5, 5.41) is 9.23. The Balaban J connectivity index is 1.88. The van der Waals surface area contributed by atoms with Gasteiger partial charge in [0.1, 0.15) is 24.3 Å². The zero-order valence-corrected chi connectivity index (χ0v) is 20.7. The first-order valence-electron chi connectivity index (χ1n) is 12.1. The van der Waals surface area contributed by atoms with Crippen molar-refractivity contribution in [3.8, 4) is 5.75 Å². The molecule has 0 heterocycles. The number of carboxylic acids is 1. The molecule has 0 aliphatic rings. The van der Waals surface area contributed by atoms with Crippen LogP contribution < -0.4 is 4.74 Å². The third-order valence-electron chi connectivity index (χ3n) is 5.56. The first kappa shape index (κ1) is 28.1. The second kappa shape index (κ2) is 15.0. The smallest absolute Gasteiger partial charge is 0.410 e. The molecule has 7 nitrogen and oxygen atoms in total. The lowest BCUT2D eigenvalue weighted by Crippen LogP contribution is -2.37. The number of nitrogens with zero attached hydrogens (tertiary/aromatic N) is 1. The number of carboxylic acid groups (broad SMARTS) is 1. The van der Waals surface area contributed by atoms with Crippen molar-refractivity contribution in [2.75, 3.05) is 26.3 Å². The number of aliphatic carboxylic acids is 1. The van der Waals surface area contributed by atoms with E-state index < -0.39 is 12.1 Å². The fourth-order valence-electron chi connectivity index (χ4n) is 3.38. The number of carbonyl (C=O) groups is 2. The number of amides is 1. The summed E-state index contributed by atoms with van der Waals surface area (Å²) in [6.45, 7) is 7.02. The molecule has 2 unspecified atom stereocenters. The predicted octanol–water partition coefficient (Wildman–Crippen LogP) is 5.11. The summed E-state index contributed by atoms with van der Waals surface area (Å²) in [6, 6.07) is 13.5. The Hall–Kier alpha value is -3.13. The van der Waals surface area contributed by atoms with Gasteiger partial charge in [-0.15, -0.1) is 0 Å². The van der Waals surface area contributed by atoms with Crippen LogP contribution in [0.1, 0.15) is 44.7 Å². The highest BCUT2D eigenvalue weighted by Crippen LogP contribution is 2.15. The van der Waals surface area contributed by atoms with Gasteiger partial charge in [0.05, 0.1) is 6.54 Å². The van der Waals surface area contributed by atoms with Crippen LogP contribution in [0.3, 0.4) is 0 Å². The van der Waals surface area contributed by atoms with E-state index in [0.717, 1.165) is 24.0 Å². The summed E-state index contributed by atoms with van der Waals surface area (Å²) in [7, 11) is 0. The highest BCUT2D eigenvalue weighted by atomic mass is 19.1. The Bertz CT molecular complexity index is 903. The summed E-state index contributed by atoms with van der Waals surface area (Å²) < 4.78 is 29.7. The van der Waals surface area contributed by atoms with Gasteiger partial charge in [0.2, 0.25) is 0 Å². The normalized spacial score (nSPS) is 12.6. The summed E-state index contributed by atoms with van der Waals surface area (Å²) in [4.78, 5) is 25.5. The maximum atomic E-state index is 13.1. The number of halogens is 1. The van der Waals surface area contributed by atoms with Crippen LogP contribution in [0.5, 0.6) is 5.75 Å². The highest BCUT2D eigenvalue weighted by molar-refractivity contribution is 5.72. The van der Waals surface area contributed by atoms with E-state index in [1.54, 1.807) is 36.1 Å². The summed E-state index contributed by atoms with van der Waals surface area (Å²) >= 11 is 0. The van der Waals surface area contributed by atoms with Crippen LogP contribution in [0.15, 0.2) is 48.5 Å². The van der Waals surface area contributed by atoms with Gasteiger partial charge in [0.15, 0.2) is 6.10 Å². The zero-order chi connectivity index (χ0) is 25.6. The molecular weight excluding hydrogens is 453 g/mol. The molecule has 0 aromatic heterocycles. The average Bonchev–Trinajstić information content (AvgIpc) is 2.84. The van der Waals surface area contributed by atoms with Crippen molar-refractivity contribution < 1.29 is 33.3 Å². The molecule has 1 N–H and O–H groups in total. The Kier molecular flexibility index (Phi) is 12.0. The Morgan fingerprint density at radius 3 is 2.26 bits per heavy atom. The average molecular weight is 490 g/mol. The lowest BCUT2D eigenvalue weighted by atomic mass is 10.1. The lowest BCUT2D eigenvalue weighted by Gasteiger charge is -2.24. The van der Waals surface area contributed by atoms with Crippen LogP contribution in [0.4, 0.5) is 9.18 Å². The number of rotatable bonds is 15. The van der Waals surface area contributed by atoms with Crippen molar-refractivity contribution in [1.29, 1.82) is 0 Å². The minimum absolute atomic E-state index is 0.179. The fraction of sp³-hybridized carbons (Fsp3) is 0.481. The van der Waals surface area contributed by atoms with Gasteiger partial charge in [-0.2, -0.15) is 0 Å². The van der Waals surface area contributed by atoms with Gasteiger partial charge in [-0.3, -0.25) is 0 Å². The van der Waals surface area contributed by atoms with E-state index in [1.807, 2.05) is 26.0 Å².